The van der Waals surface area contributed by atoms with Crippen molar-refractivity contribution in [2.24, 2.45) is 0 Å². The van der Waals surface area contributed by atoms with Crippen LogP contribution in [0.2, 0.25) is 0 Å². The van der Waals surface area contributed by atoms with Crippen molar-refractivity contribution in [2.45, 2.75) is 45.3 Å². The molecule has 25 heavy (non-hydrogen) atoms. The van der Waals surface area contributed by atoms with Crippen LogP contribution in [0.4, 0.5) is 0 Å². The number of hydrogen-bond acceptors (Lipinski definition) is 4. The van der Waals surface area contributed by atoms with Crippen molar-refractivity contribution in [3.8, 4) is 5.75 Å². The Morgan fingerprint density at radius 3 is 2.56 bits per heavy atom. The molecule has 1 aliphatic heterocycles. The SMILES string of the molecule is CC(C)NC(=O)CN1CCC(NCc2cc(I)cc(I)c2[O-])CC1.[Na+]. The number of nitrogens with one attached hydrogen (secondary N) is 2. The third-order valence-electron chi connectivity index (χ3n) is 4.07. The molecule has 0 atom stereocenters. The zero-order valence-electron chi connectivity index (χ0n) is 15.1. The van der Waals surface area contributed by atoms with Crippen LogP contribution in [0.5, 0.6) is 5.75 Å². The fourth-order valence-corrected chi connectivity index (χ4v) is 4.83. The largest absolute Gasteiger partial charge is 1.00 e. The van der Waals surface area contributed by atoms with E-state index >= 15 is 0 Å². The van der Waals surface area contributed by atoms with Gasteiger partial charge in [-0.2, -0.15) is 0 Å². The molecule has 5 nitrogen and oxygen atoms in total. The predicted molar refractivity (Wildman–Crippen MR) is 111 cm³/mol. The molecule has 0 aromatic heterocycles. The van der Waals surface area contributed by atoms with Gasteiger partial charge in [0.2, 0.25) is 5.91 Å². The average Bonchev–Trinajstić information content (AvgIpc) is 2.50. The minimum atomic E-state index is 0. The summed E-state index contributed by atoms with van der Waals surface area (Å²) in [6, 6.07) is 4.47. The van der Waals surface area contributed by atoms with E-state index in [-0.39, 0.29) is 47.3 Å². The maximum absolute atomic E-state index is 12.2. The van der Waals surface area contributed by atoms with E-state index in [0.717, 1.165) is 38.6 Å². The van der Waals surface area contributed by atoms with Crippen molar-refractivity contribution in [1.82, 2.24) is 15.5 Å². The fourth-order valence-electron chi connectivity index (χ4n) is 2.87. The second-order valence-electron chi connectivity index (χ2n) is 6.53. The molecule has 134 valence electrons. The van der Waals surface area contributed by atoms with Crippen LogP contribution in [0, 0.1) is 7.14 Å². The smallest absolute Gasteiger partial charge is 0.872 e. The molecule has 1 heterocycles. The molecular formula is C17H24I2N3NaO2. The van der Waals surface area contributed by atoms with Gasteiger partial charge in [-0.25, -0.2) is 0 Å². The number of likely N-dealkylation sites (tertiary alicyclic amines) is 1. The van der Waals surface area contributed by atoms with Crippen LogP contribution in [0.25, 0.3) is 0 Å². The Morgan fingerprint density at radius 1 is 1.32 bits per heavy atom. The first kappa shape index (κ1) is 23.9. The summed E-state index contributed by atoms with van der Waals surface area (Å²) in [7, 11) is 0. The summed E-state index contributed by atoms with van der Waals surface area (Å²) in [6.45, 7) is 6.87. The van der Waals surface area contributed by atoms with Gasteiger partial charge in [0.25, 0.3) is 0 Å². The van der Waals surface area contributed by atoms with Crippen LogP contribution in [0.1, 0.15) is 32.3 Å². The Kier molecular flexibility index (Phi) is 11.1. The van der Waals surface area contributed by atoms with Crippen molar-refractivity contribution in [3.63, 3.8) is 0 Å². The van der Waals surface area contributed by atoms with Crippen molar-refractivity contribution in [1.29, 1.82) is 0 Å². The minimum absolute atomic E-state index is 0. The summed E-state index contributed by atoms with van der Waals surface area (Å²) >= 11 is 4.35. The molecule has 2 N–H and O–H groups in total. The Hall–Kier alpha value is 0.870. The summed E-state index contributed by atoms with van der Waals surface area (Å²) in [5, 5.41) is 18.6. The molecule has 1 amide bonds. The molecular weight excluding hydrogens is 555 g/mol. The number of halogens is 2. The molecule has 2 rings (SSSR count). The van der Waals surface area contributed by atoms with Crippen molar-refractivity contribution in [3.05, 3.63) is 24.8 Å². The molecule has 0 radical (unpaired) electrons. The minimum Gasteiger partial charge on any atom is -0.872 e. The van der Waals surface area contributed by atoms with Crippen molar-refractivity contribution >= 4 is 51.1 Å². The standard InChI is InChI=1S/C17H25I2N3O2.Na/c1-11(2)21-16(23)10-22-5-3-14(4-6-22)20-9-12-7-13(18)8-15(19)17(12)24;/h7-8,11,14,20,24H,3-6,9-10H2,1-2H3,(H,21,23);/q;+1/p-1. The third kappa shape index (κ3) is 8.18. The zero-order valence-corrected chi connectivity index (χ0v) is 21.4. The van der Waals surface area contributed by atoms with E-state index in [2.05, 4.69) is 60.7 Å². The van der Waals surface area contributed by atoms with Gasteiger partial charge in [-0.15, -0.1) is 0 Å². The van der Waals surface area contributed by atoms with Gasteiger partial charge in [0.05, 0.1) is 6.54 Å². The van der Waals surface area contributed by atoms with Crippen LogP contribution in [0.3, 0.4) is 0 Å². The number of carbonyl (C=O) groups excluding carboxylic acids is 1. The summed E-state index contributed by atoms with van der Waals surface area (Å²) in [5.41, 5.74) is 0.838. The summed E-state index contributed by atoms with van der Waals surface area (Å²) in [5.74, 6) is 0.229. The van der Waals surface area contributed by atoms with Gasteiger partial charge in [0, 0.05) is 38.9 Å². The Labute approximate surface area is 199 Å². The number of nitrogens with zero attached hydrogens (tertiary/aromatic N) is 1. The van der Waals surface area contributed by atoms with E-state index in [1.165, 1.54) is 0 Å². The quantitative estimate of drug-likeness (QED) is 0.338. The van der Waals surface area contributed by atoms with Gasteiger partial charge in [0.15, 0.2) is 0 Å². The van der Waals surface area contributed by atoms with E-state index < -0.39 is 0 Å². The Morgan fingerprint density at radius 2 is 1.96 bits per heavy atom. The van der Waals surface area contributed by atoms with Crippen LogP contribution in [0.15, 0.2) is 12.1 Å². The van der Waals surface area contributed by atoms with Crippen LogP contribution < -0.4 is 45.3 Å². The second-order valence-corrected chi connectivity index (χ2v) is 8.94. The topological polar surface area (TPSA) is 67.4 Å². The predicted octanol–water partition coefficient (Wildman–Crippen LogP) is -0.948. The number of hydrogen-bond donors (Lipinski definition) is 2. The molecule has 0 unspecified atom stereocenters. The number of piperidine rings is 1. The van der Waals surface area contributed by atoms with Crippen LogP contribution in [-0.4, -0.2) is 42.5 Å². The molecule has 1 fully saturated rings. The number of rotatable bonds is 6. The first-order valence-electron chi connectivity index (χ1n) is 8.25. The first-order valence-corrected chi connectivity index (χ1v) is 10.4. The van der Waals surface area contributed by atoms with Crippen molar-refractivity contribution < 1.29 is 39.5 Å². The number of benzene rings is 1. The molecule has 1 aromatic rings. The maximum Gasteiger partial charge on any atom is 1.00 e. The maximum atomic E-state index is 12.2. The normalized spacial score (nSPS) is 15.9. The number of carbonyl (C=O) groups is 1. The third-order valence-corrected chi connectivity index (χ3v) is 5.50. The molecule has 1 aromatic carbocycles. The Balaban J connectivity index is 0.00000312. The average molecular weight is 579 g/mol. The van der Waals surface area contributed by atoms with E-state index in [1.54, 1.807) is 0 Å². The summed E-state index contributed by atoms with van der Waals surface area (Å²) < 4.78 is 1.88. The van der Waals surface area contributed by atoms with Gasteiger partial charge in [-0.1, -0.05) is 5.75 Å². The van der Waals surface area contributed by atoms with Gasteiger partial charge in [0.1, 0.15) is 0 Å². The van der Waals surface area contributed by atoms with E-state index in [0.29, 0.717) is 19.1 Å². The van der Waals surface area contributed by atoms with Crippen LogP contribution in [-0.2, 0) is 11.3 Å². The van der Waals surface area contributed by atoms with E-state index in [4.69, 9.17) is 0 Å². The molecule has 0 saturated carbocycles. The fraction of sp³-hybridized carbons (Fsp3) is 0.588. The first-order chi connectivity index (χ1) is 11.3. The molecule has 1 saturated heterocycles. The monoisotopic (exact) mass is 579 g/mol. The molecule has 0 aliphatic carbocycles. The summed E-state index contributed by atoms with van der Waals surface area (Å²) in [4.78, 5) is 14.0. The molecule has 8 heteroatoms. The van der Waals surface area contributed by atoms with Gasteiger partial charge in [-0.05, 0) is 89.6 Å². The van der Waals surface area contributed by atoms with Crippen LogP contribution >= 0.6 is 45.2 Å². The van der Waals surface area contributed by atoms with Crippen molar-refractivity contribution in [2.75, 3.05) is 19.6 Å². The van der Waals surface area contributed by atoms with Gasteiger partial charge < -0.3 is 15.7 Å². The molecule has 1 aliphatic rings. The Bertz CT molecular complexity index is 579. The van der Waals surface area contributed by atoms with E-state index in [1.807, 2.05) is 26.0 Å². The van der Waals surface area contributed by atoms with Gasteiger partial charge in [-0.3, -0.25) is 9.69 Å². The number of amides is 1. The van der Waals surface area contributed by atoms with Gasteiger partial charge >= 0.3 is 29.6 Å². The van der Waals surface area contributed by atoms with E-state index in [9.17, 15) is 9.90 Å². The summed E-state index contributed by atoms with van der Waals surface area (Å²) in [6.07, 6.45) is 2.01. The molecule has 0 bridgehead atoms. The second kappa shape index (κ2) is 11.7. The molecule has 0 spiro atoms. The zero-order chi connectivity index (χ0) is 17.7.